The van der Waals surface area contributed by atoms with Crippen LogP contribution in [0.25, 0.3) is 10.8 Å². The number of nitrogens with zero attached hydrogens (tertiary/aromatic N) is 4. The van der Waals surface area contributed by atoms with Gasteiger partial charge >= 0.3 is 0 Å². The molecule has 0 aliphatic heterocycles. The van der Waals surface area contributed by atoms with Crippen LogP contribution in [0.3, 0.4) is 0 Å². The molecule has 0 saturated heterocycles. The number of imidazole rings is 1. The molecule has 0 bridgehead atoms. The molecule has 0 aliphatic carbocycles. The second-order valence-electron chi connectivity index (χ2n) is 4.56. The molecule has 0 amide bonds. The lowest BCUT2D eigenvalue weighted by Gasteiger charge is -2.04. The molecule has 6 heteroatoms. The second kappa shape index (κ2) is 4.47. The predicted octanol–water partition coefficient (Wildman–Crippen LogP) is 2.22. The third-order valence-corrected chi connectivity index (χ3v) is 4.29. The summed E-state index contributed by atoms with van der Waals surface area (Å²) in [4.78, 5) is 5.62. The van der Waals surface area contributed by atoms with Crippen LogP contribution < -0.4 is 5.73 Å². The number of aromatic nitrogens is 4. The van der Waals surface area contributed by atoms with Crippen LogP contribution in [0, 0.1) is 13.8 Å². The first kappa shape index (κ1) is 12.4. The lowest BCUT2D eigenvalue weighted by molar-refractivity contribution is 0.790. The number of hydrogen-bond acceptors (Lipinski definition) is 4. The number of hydrogen-bond donors (Lipinski definition) is 1. The van der Waals surface area contributed by atoms with Gasteiger partial charge in [-0.1, -0.05) is 6.92 Å². The molecule has 0 unspecified atom stereocenters. The van der Waals surface area contributed by atoms with Gasteiger partial charge in [-0.2, -0.15) is 10.1 Å². The average molecular weight is 275 g/mol. The fourth-order valence-corrected chi connectivity index (χ4v) is 3.30. The lowest BCUT2D eigenvalue weighted by Crippen LogP contribution is -2.08. The minimum atomic E-state index is 0.451. The molecule has 19 heavy (non-hydrogen) atoms. The van der Waals surface area contributed by atoms with E-state index in [2.05, 4.69) is 23.9 Å². The van der Waals surface area contributed by atoms with Gasteiger partial charge in [0.1, 0.15) is 0 Å². The molecule has 0 spiro atoms. The summed E-state index contributed by atoms with van der Waals surface area (Å²) in [6.45, 7) is 6.74. The summed E-state index contributed by atoms with van der Waals surface area (Å²) in [5.74, 6) is 0.856. The molecule has 3 aromatic heterocycles. The van der Waals surface area contributed by atoms with E-state index in [1.165, 1.54) is 5.56 Å². The second-order valence-corrected chi connectivity index (χ2v) is 5.43. The van der Waals surface area contributed by atoms with Crippen molar-refractivity contribution in [2.45, 2.75) is 33.7 Å². The van der Waals surface area contributed by atoms with Gasteiger partial charge < -0.3 is 5.73 Å². The maximum absolute atomic E-state index is 5.89. The van der Waals surface area contributed by atoms with Gasteiger partial charge in [0.25, 0.3) is 0 Å². The molecule has 100 valence electrons. The van der Waals surface area contributed by atoms with Crippen LogP contribution in [0.2, 0.25) is 0 Å². The molecule has 3 aromatic rings. The highest BCUT2D eigenvalue weighted by Gasteiger charge is 2.18. The Labute approximate surface area is 115 Å². The van der Waals surface area contributed by atoms with Crippen molar-refractivity contribution < 1.29 is 0 Å². The van der Waals surface area contributed by atoms with E-state index in [-0.39, 0.29) is 0 Å². The van der Waals surface area contributed by atoms with Gasteiger partial charge in [0.05, 0.1) is 11.4 Å². The lowest BCUT2D eigenvalue weighted by atomic mass is 10.1. The third kappa shape index (κ3) is 1.71. The summed E-state index contributed by atoms with van der Waals surface area (Å²) in [6.07, 6.45) is 2.99. The first-order valence-corrected chi connectivity index (χ1v) is 7.25. The predicted molar refractivity (Wildman–Crippen MR) is 76.9 cm³/mol. The van der Waals surface area contributed by atoms with Crippen molar-refractivity contribution in [3.63, 3.8) is 0 Å². The number of aryl methyl sites for hydroxylation is 1. The summed E-state index contributed by atoms with van der Waals surface area (Å²) in [6, 6.07) is 0. The Balaban J connectivity index is 2.26. The Morgan fingerprint density at radius 1 is 1.37 bits per heavy atom. The van der Waals surface area contributed by atoms with E-state index in [9.17, 15) is 0 Å². The minimum Gasteiger partial charge on any atom is -0.325 e. The van der Waals surface area contributed by atoms with Crippen molar-refractivity contribution in [3.8, 4) is 5.82 Å². The molecule has 2 N–H and O–H groups in total. The van der Waals surface area contributed by atoms with E-state index in [1.807, 2.05) is 27.6 Å². The van der Waals surface area contributed by atoms with E-state index in [0.717, 1.165) is 34.3 Å². The summed E-state index contributed by atoms with van der Waals surface area (Å²) >= 11 is 1.61. The highest BCUT2D eigenvalue weighted by atomic mass is 32.1. The van der Waals surface area contributed by atoms with Crippen LogP contribution in [0.15, 0.2) is 11.6 Å². The maximum atomic E-state index is 5.89. The zero-order chi connectivity index (χ0) is 13.6. The molecule has 0 radical (unpaired) electrons. The molecule has 0 aromatic carbocycles. The monoisotopic (exact) mass is 275 g/mol. The van der Waals surface area contributed by atoms with Crippen LogP contribution in [0.4, 0.5) is 0 Å². The Hall–Kier alpha value is -1.66. The number of fused-ring (bicyclic) bond motifs is 1. The maximum Gasteiger partial charge on any atom is 0.196 e. The van der Waals surface area contributed by atoms with Crippen LogP contribution in [0.1, 0.15) is 29.6 Å². The zero-order valence-electron chi connectivity index (χ0n) is 11.3. The fourth-order valence-electron chi connectivity index (χ4n) is 2.57. The van der Waals surface area contributed by atoms with Crippen molar-refractivity contribution in [2.24, 2.45) is 5.73 Å². The van der Waals surface area contributed by atoms with Crippen molar-refractivity contribution >= 4 is 16.3 Å². The summed E-state index contributed by atoms with van der Waals surface area (Å²) in [7, 11) is 0. The SMILES string of the molecule is CCc1c(C)nn(-c2nc3sccn3c2CN)c1C. The normalized spacial score (nSPS) is 11.6. The van der Waals surface area contributed by atoms with Crippen molar-refractivity contribution in [1.82, 2.24) is 19.2 Å². The van der Waals surface area contributed by atoms with Gasteiger partial charge in [-0.3, -0.25) is 4.40 Å². The van der Waals surface area contributed by atoms with Gasteiger partial charge in [0, 0.05) is 23.8 Å². The summed E-state index contributed by atoms with van der Waals surface area (Å²) < 4.78 is 3.97. The van der Waals surface area contributed by atoms with Crippen molar-refractivity contribution in [1.29, 1.82) is 0 Å². The summed E-state index contributed by atoms with van der Waals surface area (Å²) in [5.41, 5.74) is 10.4. The average Bonchev–Trinajstić information content (AvgIpc) is 3.02. The highest BCUT2D eigenvalue weighted by molar-refractivity contribution is 7.15. The van der Waals surface area contributed by atoms with E-state index in [0.29, 0.717) is 6.54 Å². The topological polar surface area (TPSA) is 61.1 Å². The van der Waals surface area contributed by atoms with Crippen molar-refractivity contribution in [2.75, 3.05) is 0 Å². The van der Waals surface area contributed by atoms with Crippen LogP contribution >= 0.6 is 11.3 Å². The first-order valence-electron chi connectivity index (χ1n) is 6.37. The largest absolute Gasteiger partial charge is 0.325 e. The van der Waals surface area contributed by atoms with Crippen LogP contribution in [-0.2, 0) is 13.0 Å². The molecule has 0 atom stereocenters. The summed E-state index contributed by atoms with van der Waals surface area (Å²) in [5, 5.41) is 6.64. The van der Waals surface area contributed by atoms with E-state index < -0.39 is 0 Å². The minimum absolute atomic E-state index is 0.451. The molecule has 0 fully saturated rings. The standard InChI is InChI=1S/C13H17N5S/c1-4-10-8(2)16-18(9(10)3)12-11(7-14)17-5-6-19-13(17)15-12/h5-6H,4,7,14H2,1-3H3. The molecule has 0 saturated carbocycles. The molecule has 5 nitrogen and oxygen atoms in total. The molecular formula is C13H17N5S. The first-order chi connectivity index (χ1) is 9.17. The van der Waals surface area contributed by atoms with Crippen molar-refractivity contribution in [3.05, 3.63) is 34.2 Å². The van der Waals surface area contributed by atoms with Gasteiger partial charge in [-0.05, 0) is 25.8 Å². The highest BCUT2D eigenvalue weighted by Crippen LogP contribution is 2.23. The zero-order valence-corrected chi connectivity index (χ0v) is 12.2. The number of rotatable bonds is 3. The third-order valence-electron chi connectivity index (χ3n) is 3.53. The Kier molecular flexibility index (Phi) is 2.91. The van der Waals surface area contributed by atoms with Gasteiger partial charge in [0.15, 0.2) is 10.8 Å². The number of nitrogens with two attached hydrogens (primary N) is 1. The molecule has 0 aliphatic rings. The fraction of sp³-hybridized carbons (Fsp3) is 0.385. The van der Waals surface area contributed by atoms with E-state index in [4.69, 9.17) is 5.73 Å². The van der Waals surface area contributed by atoms with E-state index >= 15 is 0 Å². The number of thiazole rings is 1. The van der Waals surface area contributed by atoms with Crippen LogP contribution in [0.5, 0.6) is 0 Å². The molecular weight excluding hydrogens is 258 g/mol. The van der Waals surface area contributed by atoms with Gasteiger partial charge in [-0.15, -0.1) is 11.3 Å². The van der Waals surface area contributed by atoms with E-state index in [1.54, 1.807) is 11.3 Å². The molecule has 3 rings (SSSR count). The Morgan fingerprint density at radius 2 is 2.16 bits per heavy atom. The Morgan fingerprint density at radius 3 is 2.79 bits per heavy atom. The van der Waals surface area contributed by atoms with Gasteiger partial charge in [-0.25, -0.2) is 4.68 Å². The quantitative estimate of drug-likeness (QED) is 0.797. The Bertz CT molecular complexity index is 734. The molecule has 3 heterocycles. The smallest absolute Gasteiger partial charge is 0.196 e. The van der Waals surface area contributed by atoms with Gasteiger partial charge in [0.2, 0.25) is 0 Å². The van der Waals surface area contributed by atoms with Crippen LogP contribution in [-0.4, -0.2) is 19.2 Å².